The van der Waals surface area contributed by atoms with Gasteiger partial charge in [0.05, 0.1) is 5.52 Å². The van der Waals surface area contributed by atoms with Crippen molar-refractivity contribution < 1.29 is 0 Å². The van der Waals surface area contributed by atoms with Gasteiger partial charge >= 0.3 is 0 Å². The van der Waals surface area contributed by atoms with Crippen molar-refractivity contribution in [2.75, 3.05) is 24.3 Å². The van der Waals surface area contributed by atoms with Gasteiger partial charge in [0.15, 0.2) is 0 Å². The molecule has 0 saturated heterocycles. The molecule has 0 aliphatic carbocycles. The Hall–Kier alpha value is -2.62. The Balaban J connectivity index is 2.18. The SMILES string of the molecule is CNc1nc(N(C)c2cccc(C)c2)c2ccccc2n1. The lowest BCUT2D eigenvalue weighted by molar-refractivity contribution is 1.10. The fourth-order valence-corrected chi connectivity index (χ4v) is 2.39. The number of fused-ring (bicyclic) bond motifs is 1. The van der Waals surface area contributed by atoms with Crippen molar-refractivity contribution >= 4 is 28.4 Å². The van der Waals surface area contributed by atoms with Crippen LogP contribution < -0.4 is 10.2 Å². The van der Waals surface area contributed by atoms with E-state index in [1.165, 1.54) is 5.56 Å². The molecule has 0 atom stereocenters. The highest BCUT2D eigenvalue weighted by molar-refractivity contribution is 5.92. The zero-order valence-electron chi connectivity index (χ0n) is 12.5. The van der Waals surface area contributed by atoms with Gasteiger partial charge in [0.25, 0.3) is 0 Å². The van der Waals surface area contributed by atoms with Crippen LogP contribution in [0.25, 0.3) is 10.9 Å². The number of rotatable bonds is 3. The average molecular weight is 278 g/mol. The van der Waals surface area contributed by atoms with Crippen LogP contribution in [0.15, 0.2) is 48.5 Å². The average Bonchev–Trinajstić information content (AvgIpc) is 2.53. The van der Waals surface area contributed by atoms with Gasteiger partial charge in [-0.15, -0.1) is 0 Å². The number of hydrogen-bond donors (Lipinski definition) is 1. The van der Waals surface area contributed by atoms with Gasteiger partial charge in [0.2, 0.25) is 5.95 Å². The van der Waals surface area contributed by atoms with Crippen molar-refractivity contribution in [3.05, 3.63) is 54.1 Å². The summed E-state index contributed by atoms with van der Waals surface area (Å²) in [6.45, 7) is 2.09. The minimum absolute atomic E-state index is 0.628. The molecule has 1 aromatic heterocycles. The van der Waals surface area contributed by atoms with Gasteiger partial charge in [-0.25, -0.2) is 4.98 Å². The molecular formula is C17H18N4. The number of benzene rings is 2. The summed E-state index contributed by atoms with van der Waals surface area (Å²) in [5.74, 6) is 1.53. The molecule has 0 fully saturated rings. The van der Waals surface area contributed by atoms with E-state index < -0.39 is 0 Å². The first-order chi connectivity index (χ1) is 10.2. The predicted molar refractivity (Wildman–Crippen MR) is 88.3 cm³/mol. The van der Waals surface area contributed by atoms with Gasteiger partial charge in [0, 0.05) is 25.2 Å². The number of nitrogens with zero attached hydrogens (tertiary/aromatic N) is 3. The highest BCUT2D eigenvalue weighted by Gasteiger charge is 2.12. The van der Waals surface area contributed by atoms with Crippen LogP contribution in [-0.4, -0.2) is 24.1 Å². The van der Waals surface area contributed by atoms with Gasteiger partial charge in [-0.3, -0.25) is 0 Å². The van der Waals surface area contributed by atoms with Crippen molar-refractivity contribution in [2.45, 2.75) is 6.92 Å². The molecule has 0 saturated carbocycles. The third-order valence-electron chi connectivity index (χ3n) is 3.51. The van der Waals surface area contributed by atoms with E-state index in [1.54, 1.807) is 0 Å². The molecule has 0 bridgehead atoms. The molecule has 0 aliphatic rings. The molecule has 0 amide bonds. The number of nitrogens with one attached hydrogen (secondary N) is 1. The normalized spacial score (nSPS) is 10.6. The molecular weight excluding hydrogens is 260 g/mol. The second-order valence-electron chi connectivity index (χ2n) is 5.04. The fraction of sp³-hybridized carbons (Fsp3) is 0.176. The summed E-state index contributed by atoms with van der Waals surface area (Å²) < 4.78 is 0. The van der Waals surface area contributed by atoms with E-state index in [0.29, 0.717) is 5.95 Å². The molecule has 1 N–H and O–H groups in total. The number of hydrogen-bond acceptors (Lipinski definition) is 4. The predicted octanol–water partition coefficient (Wildman–Crippen LogP) is 3.75. The number of aromatic nitrogens is 2. The molecule has 0 unspecified atom stereocenters. The topological polar surface area (TPSA) is 41.1 Å². The van der Waals surface area contributed by atoms with E-state index in [-0.39, 0.29) is 0 Å². The summed E-state index contributed by atoms with van der Waals surface area (Å²) in [6.07, 6.45) is 0. The van der Waals surface area contributed by atoms with Gasteiger partial charge in [-0.05, 0) is 36.8 Å². The first kappa shape index (κ1) is 13.4. The Bertz CT molecular complexity index is 783. The number of aryl methyl sites for hydroxylation is 1. The zero-order valence-corrected chi connectivity index (χ0v) is 12.5. The van der Waals surface area contributed by atoms with Gasteiger partial charge in [0.1, 0.15) is 5.82 Å². The van der Waals surface area contributed by atoms with Crippen LogP contribution in [0, 0.1) is 6.92 Å². The van der Waals surface area contributed by atoms with E-state index in [9.17, 15) is 0 Å². The summed E-state index contributed by atoms with van der Waals surface area (Å²) in [7, 11) is 3.86. The first-order valence-electron chi connectivity index (χ1n) is 6.94. The van der Waals surface area contributed by atoms with Crippen LogP contribution in [0.1, 0.15) is 5.56 Å². The smallest absolute Gasteiger partial charge is 0.224 e. The fourth-order valence-electron chi connectivity index (χ4n) is 2.39. The van der Waals surface area contributed by atoms with Crippen LogP contribution >= 0.6 is 0 Å². The number of para-hydroxylation sites is 1. The standard InChI is InChI=1S/C17H18N4/c1-12-7-6-8-13(11-12)21(3)16-14-9-4-5-10-15(14)19-17(18-2)20-16/h4-11H,1-3H3,(H,18,19,20). The minimum Gasteiger partial charge on any atom is -0.357 e. The van der Waals surface area contributed by atoms with Gasteiger partial charge in [-0.2, -0.15) is 4.98 Å². The highest BCUT2D eigenvalue weighted by Crippen LogP contribution is 2.29. The zero-order chi connectivity index (χ0) is 14.8. The number of anilines is 3. The second-order valence-corrected chi connectivity index (χ2v) is 5.04. The summed E-state index contributed by atoms with van der Waals surface area (Å²) in [5, 5.41) is 4.07. The minimum atomic E-state index is 0.628. The first-order valence-corrected chi connectivity index (χ1v) is 6.94. The maximum absolute atomic E-state index is 4.63. The lowest BCUT2D eigenvalue weighted by Gasteiger charge is -2.21. The molecule has 0 radical (unpaired) electrons. The summed E-state index contributed by atoms with van der Waals surface area (Å²) in [5.41, 5.74) is 3.28. The van der Waals surface area contributed by atoms with Crippen molar-refractivity contribution in [3.63, 3.8) is 0 Å². The maximum atomic E-state index is 4.63. The summed E-state index contributed by atoms with van der Waals surface area (Å²) in [4.78, 5) is 11.2. The Kier molecular flexibility index (Phi) is 3.44. The van der Waals surface area contributed by atoms with Crippen LogP contribution in [0.4, 0.5) is 17.5 Å². The van der Waals surface area contributed by atoms with E-state index in [2.05, 4.69) is 57.4 Å². The highest BCUT2D eigenvalue weighted by atomic mass is 15.2. The van der Waals surface area contributed by atoms with E-state index in [0.717, 1.165) is 22.4 Å². The van der Waals surface area contributed by atoms with Crippen molar-refractivity contribution in [2.24, 2.45) is 0 Å². The molecule has 0 aliphatic heterocycles. The summed E-state index contributed by atoms with van der Waals surface area (Å²) in [6, 6.07) is 16.4. The Morgan fingerprint density at radius 1 is 1.00 bits per heavy atom. The van der Waals surface area contributed by atoms with E-state index in [1.807, 2.05) is 32.3 Å². The molecule has 106 valence electrons. The molecule has 21 heavy (non-hydrogen) atoms. The van der Waals surface area contributed by atoms with E-state index >= 15 is 0 Å². The Labute approximate surface area is 124 Å². The molecule has 0 spiro atoms. The molecule has 3 rings (SSSR count). The lowest BCUT2D eigenvalue weighted by Crippen LogP contribution is -2.13. The lowest BCUT2D eigenvalue weighted by atomic mass is 10.2. The summed E-state index contributed by atoms with van der Waals surface area (Å²) >= 11 is 0. The monoisotopic (exact) mass is 278 g/mol. The molecule has 2 aromatic carbocycles. The molecule has 1 heterocycles. The Morgan fingerprint density at radius 3 is 2.57 bits per heavy atom. The quantitative estimate of drug-likeness (QED) is 0.792. The van der Waals surface area contributed by atoms with E-state index in [4.69, 9.17) is 0 Å². The van der Waals surface area contributed by atoms with Gasteiger partial charge < -0.3 is 10.2 Å². The largest absolute Gasteiger partial charge is 0.357 e. The van der Waals surface area contributed by atoms with Crippen molar-refractivity contribution in [1.29, 1.82) is 0 Å². The van der Waals surface area contributed by atoms with Crippen molar-refractivity contribution in [3.8, 4) is 0 Å². The maximum Gasteiger partial charge on any atom is 0.224 e. The van der Waals surface area contributed by atoms with Gasteiger partial charge in [-0.1, -0.05) is 24.3 Å². The molecule has 3 aromatic rings. The van der Waals surface area contributed by atoms with Crippen molar-refractivity contribution in [1.82, 2.24) is 9.97 Å². The van der Waals surface area contributed by atoms with Crippen LogP contribution in [0.3, 0.4) is 0 Å². The third kappa shape index (κ3) is 2.52. The molecule has 4 heteroatoms. The van der Waals surface area contributed by atoms with Crippen LogP contribution in [0.5, 0.6) is 0 Å². The van der Waals surface area contributed by atoms with Crippen LogP contribution in [0.2, 0.25) is 0 Å². The Morgan fingerprint density at radius 2 is 1.81 bits per heavy atom. The van der Waals surface area contributed by atoms with Crippen LogP contribution in [-0.2, 0) is 0 Å². The third-order valence-corrected chi connectivity index (χ3v) is 3.51. The molecule has 4 nitrogen and oxygen atoms in total. The second kappa shape index (κ2) is 5.40.